The Morgan fingerprint density at radius 2 is 1.95 bits per heavy atom. The molecule has 1 aliphatic carbocycles. The van der Waals surface area contributed by atoms with Gasteiger partial charge in [0.15, 0.2) is 5.82 Å². The Kier molecular flexibility index (Phi) is 3.53. The minimum absolute atomic E-state index is 0.0620. The lowest BCUT2D eigenvalue weighted by Gasteiger charge is -2.35. The smallest absolute Gasteiger partial charge is 0.226 e. The molecule has 1 atom stereocenters. The van der Waals surface area contributed by atoms with E-state index in [1.807, 2.05) is 4.90 Å². The number of hydrogen-bond donors (Lipinski definition) is 0. The summed E-state index contributed by atoms with van der Waals surface area (Å²) in [6, 6.07) is 0.0620. The first-order valence-corrected chi connectivity index (χ1v) is 7.45. The highest BCUT2D eigenvalue weighted by Crippen LogP contribution is 2.29. The number of rotatable bonds is 1. The van der Waals surface area contributed by atoms with Crippen molar-refractivity contribution < 1.29 is 4.79 Å². The fraction of sp³-hybridized carbons (Fsp3) is 0.786. The summed E-state index contributed by atoms with van der Waals surface area (Å²) in [6.45, 7) is 3.68. The van der Waals surface area contributed by atoms with Crippen molar-refractivity contribution in [1.82, 2.24) is 19.7 Å². The number of fused-ring (bicyclic) bond motifs is 1. The summed E-state index contributed by atoms with van der Waals surface area (Å²) >= 11 is 0. The molecule has 19 heavy (non-hydrogen) atoms. The van der Waals surface area contributed by atoms with Crippen molar-refractivity contribution in [2.45, 2.75) is 58.0 Å². The molecule has 1 amide bonds. The number of amides is 1. The lowest BCUT2D eigenvalue weighted by molar-refractivity contribution is -0.139. The summed E-state index contributed by atoms with van der Waals surface area (Å²) in [6.07, 6.45) is 8.87. The van der Waals surface area contributed by atoms with Crippen LogP contribution in [0.4, 0.5) is 0 Å². The second-order valence-electron chi connectivity index (χ2n) is 5.78. The predicted molar refractivity (Wildman–Crippen MR) is 71.3 cm³/mol. The first kappa shape index (κ1) is 12.6. The van der Waals surface area contributed by atoms with E-state index < -0.39 is 0 Å². The van der Waals surface area contributed by atoms with Gasteiger partial charge in [-0.15, -0.1) is 10.2 Å². The first-order chi connectivity index (χ1) is 9.27. The molecule has 0 radical (unpaired) electrons. The van der Waals surface area contributed by atoms with Crippen LogP contribution >= 0.6 is 0 Å². The molecule has 2 aliphatic rings. The van der Waals surface area contributed by atoms with Crippen LogP contribution in [0.1, 0.15) is 57.3 Å². The minimum atomic E-state index is 0.0620. The number of aromatic nitrogens is 3. The van der Waals surface area contributed by atoms with Crippen LogP contribution in [-0.4, -0.2) is 32.1 Å². The van der Waals surface area contributed by atoms with Gasteiger partial charge < -0.3 is 9.47 Å². The van der Waals surface area contributed by atoms with Crippen LogP contribution in [0, 0.1) is 5.92 Å². The van der Waals surface area contributed by atoms with Crippen LogP contribution in [0.2, 0.25) is 0 Å². The van der Waals surface area contributed by atoms with Crippen molar-refractivity contribution in [3.63, 3.8) is 0 Å². The lowest BCUT2D eigenvalue weighted by atomic mass is 9.97. The number of nitrogens with zero attached hydrogens (tertiary/aromatic N) is 4. The van der Waals surface area contributed by atoms with Gasteiger partial charge in [-0.05, 0) is 19.8 Å². The molecular formula is C14H22N4O. The average molecular weight is 262 g/mol. The molecular weight excluding hydrogens is 240 g/mol. The molecule has 0 N–H and O–H groups in total. The molecule has 1 fully saturated rings. The van der Waals surface area contributed by atoms with Crippen molar-refractivity contribution in [2.24, 2.45) is 5.92 Å². The van der Waals surface area contributed by atoms with Crippen molar-refractivity contribution in [2.75, 3.05) is 6.54 Å². The molecule has 1 saturated carbocycles. The fourth-order valence-corrected chi connectivity index (χ4v) is 3.37. The van der Waals surface area contributed by atoms with Gasteiger partial charge in [0.1, 0.15) is 6.33 Å². The van der Waals surface area contributed by atoms with Gasteiger partial charge in [-0.25, -0.2) is 0 Å². The van der Waals surface area contributed by atoms with E-state index in [-0.39, 0.29) is 12.0 Å². The average Bonchev–Trinajstić information content (AvgIpc) is 2.73. The highest BCUT2D eigenvalue weighted by molar-refractivity contribution is 5.79. The zero-order chi connectivity index (χ0) is 13.2. The summed E-state index contributed by atoms with van der Waals surface area (Å²) in [5, 5.41) is 8.10. The topological polar surface area (TPSA) is 51.0 Å². The zero-order valence-electron chi connectivity index (χ0n) is 11.6. The molecule has 1 aromatic rings. The Balaban J connectivity index is 1.73. The molecule has 1 aromatic heterocycles. The Labute approximate surface area is 114 Å². The Morgan fingerprint density at radius 1 is 1.21 bits per heavy atom. The molecule has 0 unspecified atom stereocenters. The summed E-state index contributed by atoms with van der Waals surface area (Å²) in [7, 11) is 0. The summed E-state index contributed by atoms with van der Waals surface area (Å²) < 4.78 is 2.06. The molecule has 0 spiro atoms. The molecule has 0 aromatic carbocycles. The lowest BCUT2D eigenvalue weighted by Crippen LogP contribution is -2.43. The quantitative estimate of drug-likeness (QED) is 0.729. The molecule has 5 nitrogen and oxygen atoms in total. The zero-order valence-corrected chi connectivity index (χ0v) is 11.6. The van der Waals surface area contributed by atoms with Crippen LogP contribution in [0.3, 0.4) is 0 Å². The van der Waals surface area contributed by atoms with Gasteiger partial charge in [-0.2, -0.15) is 0 Å². The van der Waals surface area contributed by atoms with E-state index in [9.17, 15) is 4.79 Å². The van der Waals surface area contributed by atoms with Gasteiger partial charge in [0, 0.05) is 19.0 Å². The Bertz CT molecular complexity index is 448. The minimum Gasteiger partial charge on any atom is -0.331 e. The Morgan fingerprint density at radius 3 is 2.68 bits per heavy atom. The van der Waals surface area contributed by atoms with Crippen molar-refractivity contribution in [3.8, 4) is 0 Å². The molecule has 2 heterocycles. The summed E-state index contributed by atoms with van der Waals surface area (Å²) in [5.74, 6) is 1.50. The van der Waals surface area contributed by atoms with E-state index in [2.05, 4.69) is 21.7 Å². The second kappa shape index (κ2) is 5.31. The third kappa shape index (κ3) is 2.38. The van der Waals surface area contributed by atoms with Crippen molar-refractivity contribution in [1.29, 1.82) is 0 Å². The third-order valence-corrected chi connectivity index (χ3v) is 4.56. The maximum absolute atomic E-state index is 12.7. The molecule has 3 rings (SSSR count). The number of hydrogen-bond acceptors (Lipinski definition) is 3. The fourth-order valence-electron chi connectivity index (χ4n) is 3.37. The van der Waals surface area contributed by atoms with Gasteiger partial charge in [-0.1, -0.05) is 25.7 Å². The second-order valence-corrected chi connectivity index (χ2v) is 5.78. The summed E-state index contributed by atoms with van der Waals surface area (Å²) in [5.41, 5.74) is 0. The predicted octanol–water partition coefficient (Wildman–Crippen LogP) is 2.15. The van der Waals surface area contributed by atoms with Crippen molar-refractivity contribution in [3.05, 3.63) is 12.2 Å². The maximum Gasteiger partial charge on any atom is 0.226 e. The Hall–Kier alpha value is -1.39. The van der Waals surface area contributed by atoms with Gasteiger partial charge >= 0.3 is 0 Å². The van der Waals surface area contributed by atoms with E-state index in [4.69, 9.17) is 0 Å². The molecule has 104 valence electrons. The van der Waals surface area contributed by atoms with Crippen LogP contribution in [0.25, 0.3) is 0 Å². The largest absolute Gasteiger partial charge is 0.331 e. The molecule has 1 aliphatic heterocycles. The van der Waals surface area contributed by atoms with Crippen molar-refractivity contribution >= 4 is 5.91 Å². The van der Waals surface area contributed by atoms with Gasteiger partial charge in [-0.3, -0.25) is 4.79 Å². The highest BCUT2D eigenvalue weighted by atomic mass is 16.2. The van der Waals surface area contributed by atoms with Gasteiger partial charge in [0.2, 0.25) is 5.91 Å². The SMILES string of the molecule is C[C@H]1c2nncn2CCN1C(=O)C1CCCCCC1. The van der Waals surface area contributed by atoms with Crippen LogP contribution in [-0.2, 0) is 11.3 Å². The first-order valence-electron chi connectivity index (χ1n) is 7.45. The molecule has 0 bridgehead atoms. The van der Waals surface area contributed by atoms with Gasteiger partial charge in [0.25, 0.3) is 0 Å². The van der Waals surface area contributed by atoms with Crippen LogP contribution in [0.15, 0.2) is 6.33 Å². The van der Waals surface area contributed by atoms with E-state index in [1.54, 1.807) is 6.33 Å². The van der Waals surface area contributed by atoms with E-state index >= 15 is 0 Å². The third-order valence-electron chi connectivity index (χ3n) is 4.56. The monoisotopic (exact) mass is 262 g/mol. The van der Waals surface area contributed by atoms with E-state index in [0.29, 0.717) is 5.91 Å². The molecule has 5 heteroatoms. The standard InChI is InChI=1S/C14H22N4O/c1-11-13-16-15-10-17(13)8-9-18(11)14(19)12-6-4-2-3-5-7-12/h10-12H,2-9H2,1H3/t11-/m0/s1. The highest BCUT2D eigenvalue weighted by Gasteiger charge is 2.33. The normalized spacial score (nSPS) is 24.9. The molecule has 0 saturated heterocycles. The van der Waals surface area contributed by atoms with Crippen LogP contribution < -0.4 is 0 Å². The number of carbonyl (C=O) groups excluding carboxylic acids is 1. The number of carbonyl (C=O) groups is 1. The maximum atomic E-state index is 12.7. The van der Waals surface area contributed by atoms with Crippen LogP contribution in [0.5, 0.6) is 0 Å². The summed E-state index contributed by atoms with van der Waals surface area (Å²) in [4.78, 5) is 14.7. The van der Waals surface area contributed by atoms with Gasteiger partial charge in [0.05, 0.1) is 6.04 Å². The van der Waals surface area contributed by atoms with E-state index in [0.717, 1.165) is 31.8 Å². The van der Waals surface area contributed by atoms with E-state index in [1.165, 1.54) is 25.7 Å².